The second kappa shape index (κ2) is 8.02. The van der Waals surface area contributed by atoms with Crippen LogP contribution >= 0.6 is 11.6 Å². The van der Waals surface area contributed by atoms with Crippen molar-refractivity contribution in [1.82, 2.24) is 19.2 Å². The molecule has 0 N–H and O–H groups in total. The third-order valence-electron chi connectivity index (χ3n) is 5.43. The number of piperazine rings is 1. The number of carbonyl (C=O) groups is 1. The molecule has 0 radical (unpaired) electrons. The number of benzene rings is 1. The first-order valence-electron chi connectivity index (χ1n) is 9.67. The Morgan fingerprint density at radius 1 is 1.07 bits per heavy atom. The number of pyridine rings is 1. The molecule has 0 saturated carbocycles. The molecule has 3 heterocycles. The summed E-state index contributed by atoms with van der Waals surface area (Å²) < 4.78 is 26.1. The molecule has 9 heteroatoms. The lowest BCUT2D eigenvalue weighted by Gasteiger charge is -2.34. The number of sulfone groups is 1. The van der Waals surface area contributed by atoms with Crippen LogP contribution in [0.25, 0.3) is 16.9 Å². The molecule has 2 aromatic heterocycles. The van der Waals surface area contributed by atoms with Crippen LogP contribution < -0.4 is 0 Å². The first-order valence-corrected chi connectivity index (χ1v) is 11.9. The Labute approximate surface area is 180 Å². The highest BCUT2D eigenvalue weighted by Crippen LogP contribution is 2.28. The summed E-state index contributed by atoms with van der Waals surface area (Å²) in [5.41, 5.74) is 3.31. The van der Waals surface area contributed by atoms with Gasteiger partial charge in [0, 0.05) is 62.7 Å². The van der Waals surface area contributed by atoms with E-state index in [-0.39, 0.29) is 10.8 Å². The van der Waals surface area contributed by atoms with E-state index in [1.54, 1.807) is 25.3 Å². The summed E-state index contributed by atoms with van der Waals surface area (Å²) in [7, 11) is -3.35. The van der Waals surface area contributed by atoms with Crippen LogP contribution in [0, 0.1) is 0 Å². The molecule has 3 aromatic rings. The van der Waals surface area contributed by atoms with Gasteiger partial charge in [0.25, 0.3) is 0 Å². The Morgan fingerprint density at radius 3 is 2.33 bits per heavy atom. The number of hydrogen-bond acceptors (Lipinski definition) is 5. The molecule has 1 saturated heterocycles. The lowest BCUT2D eigenvalue weighted by Crippen LogP contribution is -2.47. The number of aromatic nitrogens is 2. The predicted molar refractivity (Wildman–Crippen MR) is 116 cm³/mol. The lowest BCUT2D eigenvalue weighted by molar-refractivity contribution is -0.130. The first kappa shape index (κ1) is 20.8. The van der Waals surface area contributed by atoms with E-state index in [9.17, 15) is 13.2 Å². The standard InChI is InChI=1S/C21H23ClN4O3S/c1-15(27)25-11-9-24(10-12-25)14-19-21(16-3-5-17(22)6-4-16)23-20-8-7-18(13-26(19)20)30(2,28)29/h3-8,13H,9-12,14H2,1-2H3. The quantitative estimate of drug-likeness (QED) is 0.616. The van der Waals surface area contributed by atoms with Gasteiger partial charge in [-0.2, -0.15) is 0 Å². The van der Waals surface area contributed by atoms with E-state index in [1.165, 1.54) is 6.26 Å². The van der Waals surface area contributed by atoms with Gasteiger partial charge >= 0.3 is 0 Å². The Hall–Kier alpha value is -2.42. The molecular weight excluding hydrogens is 424 g/mol. The van der Waals surface area contributed by atoms with E-state index in [0.29, 0.717) is 30.3 Å². The minimum atomic E-state index is -3.35. The van der Waals surface area contributed by atoms with E-state index in [1.807, 2.05) is 33.6 Å². The number of rotatable bonds is 4. The Morgan fingerprint density at radius 2 is 1.73 bits per heavy atom. The largest absolute Gasteiger partial charge is 0.340 e. The van der Waals surface area contributed by atoms with E-state index >= 15 is 0 Å². The predicted octanol–water partition coefficient (Wildman–Crippen LogP) is 2.72. The fourth-order valence-electron chi connectivity index (χ4n) is 3.72. The van der Waals surface area contributed by atoms with Crippen molar-refractivity contribution in [2.75, 3.05) is 32.4 Å². The summed E-state index contributed by atoms with van der Waals surface area (Å²) in [6, 6.07) is 10.8. The third-order valence-corrected chi connectivity index (χ3v) is 6.78. The Kier molecular flexibility index (Phi) is 5.57. The molecule has 1 amide bonds. The number of carbonyl (C=O) groups excluding carboxylic acids is 1. The van der Waals surface area contributed by atoms with Crippen LogP contribution in [0.15, 0.2) is 47.5 Å². The number of imidazole rings is 1. The van der Waals surface area contributed by atoms with Crippen molar-refractivity contribution in [1.29, 1.82) is 0 Å². The number of nitrogens with zero attached hydrogens (tertiary/aromatic N) is 4. The van der Waals surface area contributed by atoms with Gasteiger partial charge in [0.2, 0.25) is 5.91 Å². The number of fused-ring (bicyclic) bond motifs is 1. The van der Waals surface area contributed by atoms with Crippen LogP contribution in [0.3, 0.4) is 0 Å². The zero-order valence-electron chi connectivity index (χ0n) is 16.9. The zero-order valence-corrected chi connectivity index (χ0v) is 18.4. The zero-order chi connectivity index (χ0) is 21.5. The normalized spacial score (nSPS) is 15.6. The highest BCUT2D eigenvalue weighted by molar-refractivity contribution is 7.90. The molecule has 0 atom stereocenters. The number of hydrogen-bond donors (Lipinski definition) is 0. The van der Waals surface area contributed by atoms with Gasteiger partial charge in [-0.3, -0.25) is 9.69 Å². The minimum absolute atomic E-state index is 0.0871. The second-order valence-electron chi connectivity index (χ2n) is 7.56. The molecule has 30 heavy (non-hydrogen) atoms. The number of halogens is 1. The SMILES string of the molecule is CC(=O)N1CCN(Cc2c(-c3ccc(Cl)cc3)nc3ccc(S(C)(=O)=O)cn23)CC1. The van der Waals surface area contributed by atoms with Crippen molar-refractivity contribution in [3.63, 3.8) is 0 Å². The highest BCUT2D eigenvalue weighted by Gasteiger charge is 2.23. The van der Waals surface area contributed by atoms with E-state index in [4.69, 9.17) is 16.6 Å². The summed E-state index contributed by atoms with van der Waals surface area (Å²) in [5, 5.41) is 0.642. The van der Waals surface area contributed by atoms with Gasteiger partial charge in [-0.1, -0.05) is 23.7 Å². The topological polar surface area (TPSA) is 75.0 Å². The molecule has 158 valence electrons. The van der Waals surface area contributed by atoms with Crippen molar-refractivity contribution < 1.29 is 13.2 Å². The van der Waals surface area contributed by atoms with Crippen LogP contribution in [-0.2, 0) is 21.2 Å². The fourth-order valence-corrected chi connectivity index (χ4v) is 4.45. The summed E-state index contributed by atoms with van der Waals surface area (Å²) in [6.07, 6.45) is 2.84. The Balaban J connectivity index is 1.76. The summed E-state index contributed by atoms with van der Waals surface area (Å²) >= 11 is 6.05. The first-order chi connectivity index (χ1) is 14.2. The maximum atomic E-state index is 12.1. The van der Waals surface area contributed by atoms with E-state index in [2.05, 4.69) is 4.90 Å². The van der Waals surface area contributed by atoms with Gasteiger partial charge in [-0.15, -0.1) is 0 Å². The smallest absolute Gasteiger partial charge is 0.219 e. The van der Waals surface area contributed by atoms with Crippen LogP contribution in [0.1, 0.15) is 12.6 Å². The third kappa shape index (κ3) is 4.21. The second-order valence-corrected chi connectivity index (χ2v) is 10.0. The summed E-state index contributed by atoms with van der Waals surface area (Å²) in [6.45, 7) is 5.04. The molecule has 0 aliphatic carbocycles. The van der Waals surface area contributed by atoms with Gasteiger partial charge in [0.1, 0.15) is 5.65 Å². The van der Waals surface area contributed by atoms with Crippen LogP contribution in [0.2, 0.25) is 5.02 Å². The summed E-state index contributed by atoms with van der Waals surface area (Å²) in [5.74, 6) is 0.0871. The number of amides is 1. The lowest BCUT2D eigenvalue weighted by atomic mass is 10.1. The monoisotopic (exact) mass is 446 g/mol. The van der Waals surface area contributed by atoms with Crippen LogP contribution in [0.5, 0.6) is 0 Å². The van der Waals surface area contributed by atoms with E-state index < -0.39 is 9.84 Å². The molecule has 4 rings (SSSR count). The van der Waals surface area contributed by atoms with Gasteiger partial charge in [-0.05, 0) is 24.3 Å². The maximum Gasteiger partial charge on any atom is 0.219 e. The molecular formula is C21H23ClN4O3S. The summed E-state index contributed by atoms with van der Waals surface area (Å²) in [4.78, 5) is 20.7. The average molecular weight is 447 g/mol. The molecule has 1 fully saturated rings. The van der Waals surface area contributed by atoms with Gasteiger partial charge in [0.15, 0.2) is 9.84 Å². The maximum absolute atomic E-state index is 12.1. The van der Waals surface area contributed by atoms with Gasteiger partial charge in [0.05, 0.1) is 16.3 Å². The van der Waals surface area contributed by atoms with Crippen molar-refractivity contribution >= 4 is 33.0 Å². The Bertz CT molecular complexity index is 1200. The van der Waals surface area contributed by atoms with Crippen molar-refractivity contribution in [2.24, 2.45) is 0 Å². The van der Waals surface area contributed by atoms with Crippen LogP contribution in [0.4, 0.5) is 0 Å². The van der Waals surface area contributed by atoms with Crippen LogP contribution in [-0.4, -0.2) is 65.9 Å². The van der Waals surface area contributed by atoms with E-state index in [0.717, 1.165) is 30.0 Å². The van der Waals surface area contributed by atoms with Crippen molar-refractivity contribution in [2.45, 2.75) is 18.4 Å². The molecule has 7 nitrogen and oxygen atoms in total. The van der Waals surface area contributed by atoms with Crippen molar-refractivity contribution in [3.8, 4) is 11.3 Å². The average Bonchev–Trinajstić information content (AvgIpc) is 3.06. The molecule has 0 bridgehead atoms. The highest BCUT2D eigenvalue weighted by atomic mass is 35.5. The molecule has 0 unspecified atom stereocenters. The molecule has 1 aliphatic rings. The van der Waals surface area contributed by atoms with Gasteiger partial charge < -0.3 is 9.30 Å². The molecule has 0 spiro atoms. The van der Waals surface area contributed by atoms with Gasteiger partial charge in [-0.25, -0.2) is 13.4 Å². The molecule has 1 aromatic carbocycles. The fraction of sp³-hybridized carbons (Fsp3) is 0.333. The molecule has 1 aliphatic heterocycles. The minimum Gasteiger partial charge on any atom is -0.340 e. The van der Waals surface area contributed by atoms with Crippen molar-refractivity contribution in [3.05, 3.63) is 53.3 Å².